The van der Waals surface area contributed by atoms with Crippen LogP contribution in [0, 0.1) is 5.82 Å². The molecule has 0 aliphatic carbocycles. The van der Waals surface area contributed by atoms with Gasteiger partial charge in [0.15, 0.2) is 0 Å². The van der Waals surface area contributed by atoms with E-state index in [-0.39, 0.29) is 29.7 Å². The van der Waals surface area contributed by atoms with Gasteiger partial charge in [0.05, 0.1) is 0 Å². The Morgan fingerprint density at radius 3 is 2.50 bits per heavy atom. The first-order valence-electron chi connectivity index (χ1n) is 8.54. The number of hydrogen-bond acceptors (Lipinski definition) is 3. The van der Waals surface area contributed by atoms with Crippen LogP contribution < -0.4 is 5.32 Å². The molecule has 2 aliphatic rings. The molecule has 0 aromatic heterocycles. The van der Waals surface area contributed by atoms with Crippen molar-refractivity contribution in [2.75, 3.05) is 20.1 Å². The monoisotopic (exact) mass is 333 g/mol. The number of nitrogens with one attached hydrogen (secondary N) is 1. The Hall–Kier alpha value is -1.95. The SMILES string of the molecule is CN(CCNC(=O)N1C2CCC1CC(=O)C2)Cc1ccc(F)cc1. The number of hydrogen-bond donors (Lipinski definition) is 1. The van der Waals surface area contributed by atoms with E-state index < -0.39 is 0 Å². The number of Topliss-reactive ketones (excluding diaryl/α,β-unsaturated/α-hetero) is 1. The summed E-state index contributed by atoms with van der Waals surface area (Å²) in [6.45, 7) is 1.98. The minimum Gasteiger partial charge on any atom is -0.337 e. The molecule has 6 heteroatoms. The number of likely N-dealkylation sites (N-methyl/N-ethyl adjacent to an activating group) is 1. The molecule has 24 heavy (non-hydrogen) atoms. The van der Waals surface area contributed by atoms with E-state index in [0.717, 1.165) is 18.4 Å². The Morgan fingerprint density at radius 1 is 1.25 bits per heavy atom. The molecule has 2 fully saturated rings. The van der Waals surface area contributed by atoms with Crippen LogP contribution in [0.5, 0.6) is 0 Å². The first-order valence-corrected chi connectivity index (χ1v) is 8.54. The minimum atomic E-state index is -0.233. The van der Waals surface area contributed by atoms with E-state index in [4.69, 9.17) is 0 Å². The number of carbonyl (C=O) groups is 2. The summed E-state index contributed by atoms with van der Waals surface area (Å²) in [4.78, 5) is 27.9. The van der Waals surface area contributed by atoms with Gasteiger partial charge in [0.1, 0.15) is 11.6 Å². The van der Waals surface area contributed by atoms with Crippen molar-refractivity contribution in [3.8, 4) is 0 Å². The van der Waals surface area contributed by atoms with Gasteiger partial charge in [-0.25, -0.2) is 9.18 Å². The molecule has 1 aromatic rings. The second kappa shape index (κ2) is 7.30. The second-order valence-corrected chi connectivity index (χ2v) is 6.84. The van der Waals surface area contributed by atoms with E-state index >= 15 is 0 Å². The molecule has 2 amide bonds. The van der Waals surface area contributed by atoms with E-state index in [0.29, 0.717) is 32.5 Å². The first-order chi connectivity index (χ1) is 11.5. The lowest BCUT2D eigenvalue weighted by atomic mass is 10.0. The molecule has 3 rings (SSSR count). The predicted molar refractivity (Wildman–Crippen MR) is 89.0 cm³/mol. The van der Waals surface area contributed by atoms with Gasteiger partial charge in [0.2, 0.25) is 0 Å². The van der Waals surface area contributed by atoms with Gasteiger partial charge in [-0.1, -0.05) is 12.1 Å². The quantitative estimate of drug-likeness (QED) is 0.898. The topological polar surface area (TPSA) is 52.7 Å². The summed E-state index contributed by atoms with van der Waals surface area (Å²) in [5, 5.41) is 2.97. The maximum Gasteiger partial charge on any atom is 0.317 e. The van der Waals surface area contributed by atoms with Crippen molar-refractivity contribution in [1.29, 1.82) is 0 Å². The molecule has 0 spiro atoms. The number of nitrogens with zero attached hydrogens (tertiary/aromatic N) is 2. The molecule has 1 aromatic carbocycles. The summed E-state index contributed by atoms with van der Waals surface area (Å²) in [7, 11) is 1.97. The average molecular weight is 333 g/mol. The Labute approximate surface area is 141 Å². The van der Waals surface area contributed by atoms with Crippen molar-refractivity contribution in [3.05, 3.63) is 35.6 Å². The van der Waals surface area contributed by atoms with Crippen molar-refractivity contribution >= 4 is 11.8 Å². The molecule has 2 bridgehead atoms. The fourth-order valence-electron chi connectivity index (χ4n) is 3.73. The van der Waals surface area contributed by atoms with Crippen LogP contribution in [0.1, 0.15) is 31.2 Å². The maximum absolute atomic E-state index is 12.9. The maximum atomic E-state index is 12.9. The molecular weight excluding hydrogens is 309 g/mol. The van der Waals surface area contributed by atoms with Crippen LogP contribution in [-0.4, -0.2) is 53.8 Å². The van der Waals surface area contributed by atoms with Gasteiger partial charge in [0, 0.05) is 44.6 Å². The lowest BCUT2D eigenvalue weighted by Gasteiger charge is -2.34. The fourth-order valence-corrected chi connectivity index (χ4v) is 3.73. The van der Waals surface area contributed by atoms with Crippen LogP contribution in [0.3, 0.4) is 0 Å². The van der Waals surface area contributed by atoms with Crippen molar-refractivity contribution in [3.63, 3.8) is 0 Å². The summed E-state index contributed by atoms with van der Waals surface area (Å²) in [5.74, 6) is 0.0499. The van der Waals surface area contributed by atoms with E-state index in [1.807, 2.05) is 11.9 Å². The third-order valence-electron chi connectivity index (χ3n) is 4.92. The summed E-state index contributed by atoms with van der Waals surface area (Å²) in [5.41, 5.74) is 1.04. The zero-order chi connectivity index (χ0) is 17.1. The lowest BCUT2D eigenvalue weighted by molar-refractivity contribution is -0.122. The highest BCUT2D eigenvalue weighted by molar-refractivity contribution is 5.84. The number of piperidine rings is 1. The Morgan fingerprint density at radius 2 is 1.88 bits per heavy atom. The Kier molecular flexibility index (Phi) is 5.14. The van der Waals surface area contributed by atoms with Crippen LogP contribution in [0.25, 0.3) is 0 Å². The second-order valence-electron chi connectivity index (χ2n) is 6.84. The third-order valence-corrected chi connectivity index (χ3v) is 4.92. The molecule has 0 radical (unpaired) electrons. The summed E-state index contributed by atoms with van der Waals surface area (Å²) >= 11 is 0. The van der Waals surface area contributed by atoms with Crippen LogP contribution in [0.15, 0.2) is 24.3 Å². The fraction of sp³-hybridized carbons (Fsp3) is 0.556. The van der Waals surface area contributed by atoms with E-state index in [1.54, 1.807) is 12.1 Å². The van der Waals surface area contributed by atoms with Gasteiger partial charge in [-0.05, 0) is 37.6 Å². The number of amides is 2. The predicted octanol–water partition coefficient (Wildman–Crippen LogP) is 2.16. The summed E-state index contributed by atoms with van der Waals surface area (Å²) < 4.78 is 12.9. The van der Waals surface area contributed by atoms with Gasteiger partial charge in [-0.2, -0.15) is 0 Å². The highest BCUT2D eigenvalue weighted by Crippen LogP contribution is 2.33. The average Bonchev–Trinajstić information content (AvgIpc) is 2.81. The smallest absolute Gasteiger partial charge is 0.317 e. The number of benzene rings is 1. The zero-order valence-corrected chi connectivity index (χ0v) is 14.0. The first kappa shape index (κ1) is 16.9. The number of fused-ring (bicyclic) bond motifs is 2. The van der Waals surface area contributed by atoms with Crippen LogP contribution >= 0.6 is 0 Å². The molecule has 0 saturated carbocycles. The molecule has 5 nitrogen and oxygen atoms in total. The molecule has 2 saturated heterocycles. The van der Waals surface area contributed by atoms with Crippen LogP contribution in [-0.2, 0) is 11.3 Å². The highest BCUT2D eigenvalue weighted by atomic mass is 19.1. The van der Waals surface area contributed by atoms with E-state index in [1.165, 1.54) is 12.1 Å². The highest BCUT2D eigenvalue weighted by Gasteiger charge is 2.42. The molecule has 2 unspecified atom stereocenters. The zero-order valence-electron chi connectivity index (χ0n) is 14.0. The number of urea groups is 1. The number of rotatable bonds is 5. The van der Waals surface area contributed by atoms with Crippen molar-refractivity contribution in [2.24, 2.45) is 0 Å². The van der Waals surface area contributed by atoms with Crippen molar-refractivity contribution < 1.29 is 14.0 Å². The van der Waals surface area contributed by atoms with Crippen molar-refractivity contribution in [2.45, 2.75) is 44.3 Å². The Balaban J connectivity index is 1.42. The molecule has 2 atom stereocenters. The van der Waals surface area contributed by atoms with Gasteiger partial charge in [0.25, 0.3) is 0 Å². The number of carbonyl (C=O) groups excluding carboxylic acids is 2. The van der Waals surface area contributed by atoms with Gasteiger partial charge in [-0.3, -0.25) is 4.79 Å². The third kappa shape index (κ3) is 3.93. The summed E-state index contributed by atoms with van der Waals surface area (Å²) in [6, 6.07) is 6.59. The van der Waals surface area contributed by atoms with E-state index in [9.17, 15) is 14.0 Å². The number of halogens is 1. The van der Waals surface area contributed by atoms with Crippen molar-refractivity contribution in [1.82, 2.24) is 15.1 Å². The lowest BCUT2D eigenvalue weighted by Crippen LogP contribution is -2.51. The largest absolute Gasteiger partial charge is 0.337 e. The molecule has 1 N–H and O–H groups in total. The van der Waals surface area contributed by atoms with Crippen LogP contribution in [0.2, 0.25) is 0 Å². The standard InChI is InChI=1S/C18H24FN3O2/c1-21(12-13-2-4-14(19)5-3-13)9-8-20-18(24)22-15-6-7-16(22)11-17(23)10-15/h2-5,15-16H,6-12H2,1H3,(H,20,24). The van der Waals surface area contributed by atoms with Gasteiger partial charge in [-0.15, -0.1) is 0 Å². The molecule has 2 heterocycles. The minimum absolute atomic E-state index is 0.0508. The van der Waals surface area contributed by atoms with Gasteiger partial charge >= 0.3 is 6.03 Å². The van der Waals surface area contributed by atoms with Gasteiger partial charge < -0.3 is 15.1 Å². The normalized spacial score (nSPS) is 23.0. The molecule has 130 valence electrons. The molecular formula is C18H24FN3O2. The molecule has 2 aliphatic heterocycles. The van der Waals surface area contributed by atoms with Crippen LogP contribution in [0.4, 0.5) is 9.18 Å². The summed E-state index contributed by atoms with van der Waals surface area (Å²) in [6.07, 6.45) is 2.89. The van der Waals surface area contributed by atoms with E-state index in [2.05, 4.69) is 10.2 Å². The number of ketones is 1. The Bertz CT molecular complexity index is 589.